The Hall–Kier alpha value is -2.12. The maximum atomic E-state index is 12.5. The van der Waals surface area contributed by atoms with Crippen molar-refractivity contribution in [2.45, 2.75) is 44.8 Å². The summed E-state index contributed by atoms with van der Waals surface area (Å²) in [5.74, 6) is 0.667. The van der Waals surface area contributed by atoms with Gasteiger partial charge in [-0.2, -0.15) is 0 Å². The van der Waals surface area contributed by atoms with Gasteiger partial charge in [0.2, 0.25) is 11.8 Å². The Balaban J connectivity index is 1.64. The topological polar surface area (TPSA) is 79.9 Å². The van der Waals surface area contributed by atoms with E-state index in [-0.39, 0.29) is 24.3 Å². The van der Waals surface area contributed by atoms with Crippen molar-refractivity contribution >= 4 is 11.8 Å². The lowest BCUT2D eigenvalue weighted by atomic mass is 10.0. The molecule has 0 unspecified atom stereocenters. The Kier molecular flexibility index (Phi) is 7.06. The van der Waals surface area contributed by atoms with Crippen molar-refractivity contribution in [1.82, 2.24) is 15.5 Å². The minimum Gasteiger partial charge on any atom is -0.494 e. The number of ether oxygens (including phenoxy) is 2. The van der Waals surface area contributed by atoms with Crippen LogP contribution in [0, 0.1) is 0 Å². The first kappa shape index (κ1) is 19.6. The fourth-order valence-corrected chi connectivity index (χ4v) is 3.63. The van der Waals surface area contributed by atoms with Gasteiger partial charge in [0, 0.05) is 44.5 Å². The van der Waals surface area contributed by atoms with Crippen LogP contribution >= 0.6 is 0 Å². The highest BCUT2D eigenvalue weighted by molar-refractivity contribution is 5.88. The van der Waals surface area contributed by atoms with Crippen molar-refractivity contribution in [3.05, 3.63) is 29.8 Å². The monoisotopic (exact) mass is 375 g/mol. The molecule has 7 heteroatoms. The van der Waals surface area contributed by atoms with Crippen LogP contribution in [0.1, 0.15) is 31.7 Å². The molecule has 27 heavy (non-hydrogen) atoms. The average molecular weight is 375 g/mol. The molecule has 2 saturated heterocycles. The molecule has 2 fully saturated rings. The number of carbonyl (C=O) groups excluding carboxylic acids is 2. The molecular weight excluding hydrogens is 346 g/mol. The second-order valence-corrected chi connectivity index (χ2v) is 6.98. The third-order valence-corrected chi connectivity index (χ3v) is 5.05. The minimum atomic E-state index is -0.465. The molecule has 0 aliphatic carbocycles. The Bertz CT molecular complexity index is 646. The Morgan fingerprint density at radius 1 is 1.33 bits per heavy atom. The molecule has 148 valence electrons. The first-order chi connectivity index (χ1) is 13.2. The van der Waals surface area contributed by atoms with E-state index in [1.807, 2.05) is 31.2 Å². The Labute approximate surface area is 160 Å². The van der Waals surface area contributed by atoms with Crippen molar-refractivity contribution < 1.29 is 19.1 Å². The molecule has 0 bridgehead atoms. The van der Waals surface area contributed by atoms with E-state index in [4.69, 9.17) is 9.47 Å². The molecule has 0 spiro atoms. The van der Waals surface area contributed by atoms with Gasteiger partial charge < -0.3 is 20.1 Å². The summed E-state index contributed by atoms with van der Waals surface area (Å²) in [4.78, 5) is 27.0. The smallest absolute Gasteiger partial charge is 0.237 e. The fourth-order valence-electron chi connectivity index (χ4n) is 3.63. The number of rotatable bonds is 7. The van der Waals surface area contributed by atoms with Gasteiger partial charge in [0.25, 0.3) is 0 Å². The first-order valence-electron chi connectivity index (χ1n) is 9.77. The van der Waals surface area contributed by atoms with E-state index in [1.54, 1.807) is 0 Å². The summed E-state index contributed by atoms with van der Waals surface area (Å²) in [6.45, 7) is 5.78. The van der Waals surface area contributed by atoms with Crippen LogP contribution in [0.5, 0.6) is 5.75 Å². The van der Waals surface area contributed by atoms with Crippen LogP contribution in [0.25, 0.3) is 0 Å². The predicted molar refractivity (Wildman–Crippen MR) is 101 cm³/mol. The van der Waals surface area contributed by atoms with Gasteiger partial charge in [0.05, 0.1) is 19.1 Å². The number of hydrogen-bond donors (Lipinski definition) is 2. The van der Waals surface area contributed by atoms with Crippen LogP contribution in [0.15, 0.2) is 24.3 Å². The number of carbonyl (C=O) groups is 2. The van der Waals surface area contributed by atoms with E-state index in [1.165, 1.54) is 0 Å². The highest BCUT2D eigenvalue weighted by atomic mass is 16.5. The molecule has 7 nitrogen and oxygen atoms in total. The predicted octanol–water partition coefficient (Wildman–Crippen LogP) is 1.07. The number of piperazine rings is 1. The second kappa shape index (κ2) is 9.71. The van der Waals surface area contributed by atoms with Crippen LogP contribution in [0.3, 0.4) is 0 Å². The summed E-state index contributed by atoms with van der Waals surface area (Å²) in [7, 11) is 0. The average Bonchev–Trinajstić information content (AvgIpc) is 2.67. The molecular formula is C20H29N3O4. The highest BCUT2D eigenvalue weighted by Gasteiger charge is 2.32. The normalized spacial score (nSPS) is 21.5. The highest BCUT2D eigenvalue weighted by Crippen LogP contribution is 2.22. The lowest BCUT2D eigenvalue weighted by Gasteiger charge is -2.35. The SMILES string of the molecule is CCOc1ccccc1CN1CCNC(=O)[C@@H]1CC(=O)NC1CCOCC1. The summed E-state index contributed by atoms with van der Waals surface area (Å²) in [5, 5.41) is 5.94. The van der Waals surface area contributed by atoms with Gasteiger partial charge in [0.1, 0.15) is 5.75 Å². The maximum absolute atomic E-state index is 12.5. The molecule has 3 rings (SSSR count). The Morgan fingerprint density at radius 2 is 2.11 bits per heavy atom. The van der Waals surface area contributed by atoms with Crippen LogP contribution in [-0.2, 0) is 20.9 Å². The van der Waals surface area contributed by atoms with Gasteiger partial charge >= 0.3 is 0 Å². The molecule has 0 radical (unpaired) electrons. The van der Waals surface area contributed by atoms with Gasteiger partial charge in [-0.15, -0.1) is 0 Å². The minimum absolute atomic E-state index is 0.0768. The summed E-state index contributed by atoms with van der Waals surface area (Å²) in [6, 6.07) is 7.54. The zero-order valence-electron chi connectivity index (χ0n) is 15.9. The lowest BCUT2D eigenvalue weighted by molar-refractivity contribution is -0.134. The van der Waals surface area contributed by atoms with E-state index in [0.29, 0.717) is 39.5 Å². The first-order valence-corrected chi connectivity index (χ1v) is 9.77. The number of amides is 2. The second-order valence-electron chi connectivity index (χ2n) is 6.98. The van der Waals surface area contributed by atoms with Crippen molar-refractivity contribution in [1.29, 1.82) is 0 Å². The molecule has 0 saturated carbocycles. The van der Waals surface area contributed by atoms with E-state index in [2.05, 4.69) is 15.5 Å². The number of benzene rings is 1. The molecule has 2 amide bonds. The summed E-state index contributed by atoms with van der Waals surface area (Å²) < 4.78 is 11.0. The molecule has 2 N–H and O–H groups in total. The van der Waals surface area contributed by atoms with Crippen molar-refractivity contribution in [3.63, 3.8) is 0 Å². The molecule has 1 aromatic rings. The van der Waals surface area contributed by atoms with Crippen molar-refractivity contribution in [2.75, 3.05) is 32.9 Å². The molecule has 2 heterocycles. The van der Waals surface area contributed by atoms with E-state index in [9.17, 15) is 9.59 Å². The van der Waals surface area contributed by atoms with E-state index >= 15 is 0 Å². The fraction of sp³-hybridized carbons (Fsp3) is 0.600. The van der Waals surface area contributed by atoms with Gasteiger partial charge in [0.15, 0.2) is 0 Å². The van der Waals surface area contributed by atoms with Crippen LogP contribution in [0.4, 0.5) is 0 Å². The molecule has 1 aromatic carbocycles. The third-order valence-electron chi connectivity index (χ3n) is 5.05. The van der Waals surface area contributed by atoms with E-state index < -0.39 is 6.04 Å². The summed E-state index contributed by atoms with van der Waals surface area (Å²) >= 11 is 0. The van der Waals surface area contributed by atoms with Crippen LogP contribution < -0.4 is 15.4 Å². The molecule has 0 aromatic heterocycles. The standard InChI is InChI=1S/C20H29N3O4/c1-2-27-18-6-4-3-5-15(18)14-23-10-9-21-20(25)17(23)13-19(24)22-16-7-11-26-12-8-16/h3-6,16-17H,2,7-14H2,1H3,(H,21,25)(H,22,24)/t17-/m0/s1. The van der Waals surface area contributed by atoms with Crippen LogP contribution in [0.2, 0.25) is 0 Å². The summed E-state index contributed by atoms with van der Waals surface area (Å²) in [6.07, 6.45) is 1.82. The quantitative estimate of drug-likeness (QED) is 0.745. The lowest BCUT2D eigenvalue weighted by Crippen LogP contribution is -2.56. The van der Waals surface area contributed by atoms with Crippen molar-refractivity contribution in [3.8, 4) is 5.75 Å². The van der Waals surface area contributed by atoms with Gasteiger partial charge in [-0.3, -0.25) is 14.5 Å². The zero-order chi connectivity index (χ0) is 19.1. The maximum Gasteiger partial charge on any atom is 0.237 e. The number of hydrogen-bond acceptors (Lipinski definition) is 5. The van der Waals surface area contributed by atoms with Gasteiger partial charge in [-0.1, -0.05) is 18.2 Å². The van der Waals surface area contributed by atoms with Gasteiger partial charge in [-0.25, -0.2) is 0 Å². The Morgan fingerprint density at radius 3 is 2.89 bits per heavy atom. The van der Waals surface area contributed by atoms with Crippen LogP contribution in [-0.4, -0.2) is 61.7 Å². The molecule has 1 atom stereocenters. The molecule has 2 aliphatic rings. The summed E-state index contributed by atoms with van der Waals surface area (Å²) in [5.41, 5.74) is 1.03. The van der Waals surface area contributed by atoms with Crippen molar-refractivity contribution in [2.24, 2.45) is 0 Å². The molecule has 2 aliphatic heterocycles. The number of nitrogens with one attached hydrogen (secondary N) is 2. The zero-order valence-corrected chi connectivity index (χ0v) is 15.9. The number of nitrogens with zero attached hydrogens (tertiary/aromatic N) is 1. The van der Waals surface area contributed by atoms with E-state index in [0.717, 1.165) is 24.2 Å². The third kappa shape index (κ3) is 5.43. The van der Waals surface area contributed by atoms with Gasteiger partial charge in [-0.05, 0) is 25.8 Å². The number of para-hydroxylation sites is 1. The largest absolute Gasteiger partial charge is 0.494 e.